The molecule has 0 amide bonds. The third kappa shape index (κ3) is 6.79. The Bertz CT molecular complexity index is 143. The fourth-order valence-electron chi connectivity index (χ4n) is 1.21. The highest BCUT2D eigenvalue weighted by atomic mass is 16.3. The molecule has 1 atom stereocenters. The van der Waals surface area contributed by atoms with Gasteiger partial charge in [-0.25, -0.2) is 0 Å². The summed E-state index contributed by atoms with van der Waals surface area (Å²) in [5.74, 6) is 0.625. The van der Waals surface area contributed by atoms with Crippen molar-refractivity contribution in [2.24, 2.45) is 5.92 Å². The van der Waals surface area contributed by atoms with Gasteiger partial charge in [-0.15, -0.1) is 0 Å². The Morgan fingerprint density at radius 2 is 2.08 bits per heavy atom. The van der Waals surface area contributed by atoms with Crippen LogP contribution in [-0.4, -0.2) is 24.3 Å². The van der Waals surface area contributed by atoms with Gasteiger partial charge in [0.05, 0.1) is 6.61 Å². The van der Waals surface area contributed by atoms with Gasteiger partial charge in [-0.3, -0.25) is 0 Å². The molecule has 0 aliphatic rings. The molecule has 2 N–H and O–H groups in total. The van der Waals surface area contributed by atoms with Gasteiger partial charge in [0.2, 0.25) is 0 Å². The molecule has 1 unspecified atom stereocenters. The second-order valence-electron chi connectivity index (χ2n) is 3.99. The molecule has 0 saturated carbocycles. The molecule has 0 fully saturated rings. The van der Waals surface area contributed by atoms with Crippen LogP contribution in [0, 0.1) is 5.92 Å². The standard InChI is InChI=1S/C11H23NO/c1-5-10(4)7-12-11(8-13)6-9(2)3/h9,11-13H,4-8H2,1-3H3. The number of hydrogen-bond acceptors (Lipinski definition) is 2. The van der Waals surface area contributed by atoms with E-state index in [1.54, 1.807) is 0 Å². The lowest BCUT2D eigenvalue weighted by molar-refractivity contribution is 0.227. The lowest BCUT2D eigenvalue weighted by atomic mass is 10.0. The molecule has 0 aromatic carbocycles. The van der Waals surface area contributed by atoms with Crippen molar-refractivity contribution in [2.75, 3.05) is 13.2 Å². The molecule has 0 aliphatic heterocycles. The lowest BCUT2D eigenvalue weighted by Gasteiger charge is -2.18. The van der Waals surface area contributed by atoms with Crippen LogP contribution in [0.1, 0.15) is 33.6 Å². The Morgan fingerprint density at radius 1 is 1.46 bits per heavy atom. The molecule has 0 aromatic heterocycles. The van der Waals surface area contributed by atoms with Gasteiger partial charge < -0.3 is 10.4 Å². The smallest absolute Gasteiger partial charge is 0.0584 e. The quantitative estimate of drug-likeness (QED) is 0.594. The largest absolute Gasteiger partial charge is 0.395 e. The summed E-state index contributed by atoms with van der Waals surface area (Å²) in [5.41, 5.74) is 1.20. The number of aliphatic hydroxyl groups is 1. The molecule has 0 aliphatic carbocycles. The van der Waals surface area contributed by atoms with Gasteiger partial charge in [0, 0.05) is 12.6 Å². The van der Waals surface area contributed by atoms with E-state index in [1.165, 1.54) is 5.57 Å². The first-order valence-corrected chi connectivity index (χ1v) is 5.11. The maximum atomic E-state index is 9.07. The third-order valence-corrected chi connectivity index (χ3v) is 2.12. The molecule has 0 aromatic rings. The normalized spacial score (nSPS) is 13.3. The molecular weight excluding hydrogens is 162 g/mol. The summed E-state index contributed by atoms with van der Waals surface area (Å²) in [6.07, 6.45) is 2.03. The van der Waals surface area contributed by atoms with Crippen LogP contribution in [0.5, 0.6) is 0 Å². The highest BCUT2D eigenvalue weighted by Gasteiger charge is 2.08. The van der Waals surface area contributed by atoms with E-state index >= 15 is 0 Å². The van der Waals surface area contributed by atoms with Crippen molar-refractivity contribution in [3.05, 3.63) is 12.2 Å². The number of rotatable bonds is 7. The summed E-state index contributed by atoms with van der Waals surface area (Å²) in [4.78, 5) is 0. The SMILES string of the molecule is C=C(CC)CNC(CO)CC(C)C. The monoisotopic (exact) mass is 185 g/mol. The Kier molecular flexibility index (Phi) is 6.92. The Labute approximate surface area is 82.0 Å². The van der Waals surface area contributed by atoms with Crippen molar-refractivity contribution < 1.29 is 5.11 Å². The average Bonchev–Trinajstić information content (AvgIpc) is 2.10. The van der Waals surface area contributed by atoms with E-state index in [0.29, 0.717) is 5.92 Å². The summed E-state index contributed by atoms with van der Waals surface area (Å²) >= 11 is 0. The first-order valence-electron chi connectivity index (χ1n) is 5.11. The number of nitrogens with one attached hydrogen (secondary N) is 1. The van der Waals surface area contributed by atoms with Crippen molar-refractivity contribution in [1.82, 2.24) is 5.32 Å². The van der Waals surface area contributed by atoms with E-state index in [1.807, 2.05) is 0 Å². The minimum Gasteiger partial charge on any atom is -0.395 e. The van der Waals surface area contributed by atoms with Crippen molar-refractivity contribution in [3.8, 4) is 0 Å². The van der Waals surface area contributed by atoms with E-state index in [2.05, 4.69) is 32.7 Å². The van der Waals surface area contributed by atoms with Crippen molar-refractivity contribution in [3.63, 3.8) is 0 Å². The van der Waals surface area contributed by atoms with Gasteiger partial charge in [0.15, 0.2) is 0 Å². The van der Waals surface area contributed by atoms with Gasteiger partial charge in [0.25, 0.3) is 0 Å². The van der Waals surface area contributed by atoms with Crippen LogP contribution in [0.3, 0.4) is 0 Å². The second kappa shape index (κ2) is 7.10. The fraction of sp³-hybridized carbons (Fsp3) is 0.818. The maximum absolute atomic E-state index is 9.07. The van der Waals surface area contributed by atoms with Crippen LogP contribution in [0.15, 0.2) is 12.2 Å². The third-order valence-electron chi connectivity index (χ3n) is 2.12. The van der Waals surface area contributed by atoms with Gasteiger partial charge >= 0.3 is 0 Å². The molecule has 0 radical (unpaired) electrons. The molecule has 13 heavy (non-hydrogen) atoms. The van der Waals surface area contributed by atoms with Gasteiger partial charge in [0.1, 0.15) is 0 Å². The van der Waals surface area contributed by atoms with Crippen LogP contribution >= 0.6 is 0 Å². The molecule has 0 heterocycles. The molecule has 2 nitrogen and oxygen atoms in total. The molecular formula is C11H23NO. The van der Waals surface area contributed by atoms with Crippen LogP contribution < -0.4 is 5.32 Å². The Balaban J connectivity index is 3.65. The summed E-state index contributed by atoms with van der Waals surface area (Å²) in [6.45, 7) is 11.4. The van der Waals surface area contributed by atoms with Crippen molar-refractivity contribution in [1.29, 1.82) is 0 Å². The Hall–Kier alpha value is -0.340. The molecule has 2 heteroatoms. The van der Waals surface area contributed by atoms with Gasteiger partial charge in [-0.2, -0.15) is 0 Å². The Morgan fingerprint density at radius 3 is 2.46 bits per heavy atom. The highest BCUT2D eigenvalue weighted by Crippen LogP contribution is 2.04. The van der Waals surface area contributed by atoms with Crippen LogP contribution in [0.4, 0.5) is 0 Å². The van der Waals surface area contributed by atoms with Gasteiger partial charge in [-0.05, 0) is 18.8 Å². The second-order valence-corrected chi connectivity index (χ2v) is 3.99. The zero-order chi connectivity index (χ0) is 10.3. The summed E-state index contributed by atoms with van der Waals surface area (Å²) in [5, 5.41) is 12.4. The minimum atomic E-state index is 0.217. The van der Waals surface area contributed by atoms with Crippen LogP contribution in [0.25, 0.3) is 0 Å². The fourth-order valence-corrected chi connectivity index (χ4v) is 1.21. The zero-order valence-corrected chi connectivity index (χ0v) is 9.14. The summed E-state index contributed by atoms with van der Waals surface area (Å²) in [6, 6.07) is 0.225. The van der Waals surface area contributed by atoms with Crippen molar-refractivity contribution in [2.45, 2.75) is 39.7 Å². The minimum absolute atomic E-state index is 0.217. The predicted octanol–water partition coefficient (Wildman–Crippen LogP) is 1.95. The molecule has 78 valence electrons. The first kappa shape index (κ1) is 12.7. The van der Waals surface area contributed by atoms with E-state index in [-0.39, 0.29) is 12.6 Å². The van der Waals surface area contributed by atoms with E-state index in [0.717, 1.165) is 19.4 Å². The van der Waals surface area contributed by atoms with Crippen molar-refractivity contribution >= 4 is 0 Å². The van der Waals surface area contributed by atoms with E-state index < -0.39 is 0 Å². The van der Waals surface area contributed by atoms with Gasteiger partial charge in [-0.1, -0.05) is 32.9 Å². The van der Waals surface area contributed by atoms with Crippen LogP contribution in [-0.2, 0) is 0 Å². The molecule has 0 bridgehead atoms. The van der Waals surface area contributed by atoms with E-state index in [4.69, 9.17) is 5.11 Å². The lowest BCUT2D eigenvalue weighted by Crippen LogP contribution is -2.34. The summed E-state index contributed by atoms with van der Waals surface area (Å²) in [7, 11) is 0. The summed E-state index contributed by atoms with van der Waals surface area (Å²) < 4.78 is 0. The van der Waals surface area contributed by atoms with Crippen LogP contribution in [0.2, 0.25) is 0 Å². The molecule has 0 rings (SSSR count). The molecule has 0 spiro atoms. The number of hydrogen-bond donors (Lipinski definition) is 2. The first-order chi connectivity index (χ1) is 6.10. The van der Waals surface area contributed by atoms with E-state index in [9.17, 15) is 0 Å². The zero-order valence-electron chi connectivity index (χ0n) is 9.14. The average molecular weight is 185 g/mol. The predicted molar refractivity (Wildman–Crippen MR) is 57.8 cm³/mol. The maximum Gasteiger partial charge on any atom is 0.0584 e. The molecule has 0 saturated heterocycles. The number of aliphatic hydroxyl groups excluding tert-OH is 1. The highest BCUT2D eigenvalue weighted by molar-refractivity contribution is 4.95. The topological polar surface area (TPSA) is 32.3 Å².